The molecule has 0 aromatic rings. The van der Waals surface area contributed by atoms with Gasteiger partial charge in [0.2, 0.25) is 0 Å². The third-order valence-corrected chi connectivity index (χ3v) is 1.73. The van der Waals surface area contributed by atoms with Crippen LogP contribution in [0.25, 0.3) is 0 Å². The molecule has 2 heteroatoms. The molecule has 0 amide bonds. The monoisotopic (exact) mass is 108 g/mol. The van der Waals surface area contributed by atoms with Gasteiger partial charge in [0, 0.05) is 29.6 Å². The second kappa shape index (κ2) is 9.73. The van der Waals surface area contributed by atoms with Crippen molar-refractivity contribution in [1.29, 1.82) is 0 Å². The Morgan fingerprint density at radius 1 is 1.17 bits per heavy atom. The van der Waals surface area contributed by atoms with Crippen molar-refractivity contribution in [1.82, 2.24) is 0 Å². The Hall–Kier alpha value is 1.53. The summed E-state index contributed by atoms with van der Waals surface area (Å²) in [7, 11) is 0. The van der Waals surface area contributed by atoms with Crippen molar-refractivity contribution in [2.75, 3.05) is 0 Å². The first-order valence-corrected chi connectivity index (χ1v) is 3.86. The van der Waals surface area contributed by atoms with Gasteiger partial charge < -0.3 is 0 Å². The van der Waals surface area contributed by atoms with Crippen LogP contribution in [0.3, 0.4) is 0 Å². The third kappa shape index (κ3) is 9.11. The Bertz CT molecular complexity index is 15.0. The largest absolute Gasteiger partial charge is 0.198 e. The van der Waals surface area contributed by atoms with E-state index in [0.29, 0.717) is 0 Å². The van der Waals surface area contributed by atoms with Gasteiger partial charge in [0.15, 0.2) is 15.2 Å². The number of rotatable bonds is 2. The van der Waals surface area contributed by atoms with Crippen molar-refractivity contribution >= 4 is 44.8 Å². The van der Waals surface area contributed by atoms with E-state index in [1.54, 1.807) is 0 Å². The van der Waals surface area contributed by atoms with Crippen LogP contribution in [0.4, 0.5) is 0 Å². The molecule has 0 rings (SSSR count). The van der Waals surface area contributed by atoms with Gasteiger partial charge in [-0.2, -0.15) is 0 Å². The molecule has 0 saturated heterocycles. The van der Waals surface area contributed by atoms with Gasteiger partial charge in [0.25, 0.3) is 0 Å². The minimum atomic E-state index is 0. The van der Waals surface area contributed by atoms with E-state index in [9.17, 15) is 0 Å². The Labute approximate surface area is 68.7 Å². The van der Waals surface area contributed by atoms with Crippen molar-refractivity contribution in [3.63, 3.8) is 0 Å². The predicted molar refractivity (Wildman–Crippen MR) is 32.5 cm³/mol. The van der Waals surface area contributed by atoms with Gasteiger partial charge in [-0.1, -0.05) is 13.8 Å². The molecule has 30 valence electrons. The van der Waals surface area contributed by atoms with Crippen molar-refractivity contribution in [2.24, 2.45) is 0 Å². The van der Waals surface area contributed by atoms with E-state index in [-0.39, 0.29) is 29.6 Å². The van der Waals surface area contributed by atoms with Crippen molar-refractivity contribution in [3.05, 3.63) is 0 Å². The molecule has 6 heavy (non-hydrogen) atoms. The topological polar surface area (TPSA) is 0 Å². The summed E-state index contributed by atoms with van der Waals surface area (Å²) in [6, 6.07) is 0. The Kier molecular flexibility index (Phi) is 17.0. The zero-order valence-electron chi connectivity index (χ0n) is 4.99. The SMILES string of the molecule is C[CH2][Al][CH2]C.[Na]. The second-order valence-electron chi connectivity index (χ2n) is 1.11. The van der Waals surface area contributed by atoms with E-state index in [2.05, 4.69) is 13.8 Å². The minimum absolute atomic E-state index is 0. The van der Waals surface area contributed by atoms with Crippen LogP contribution in [0.1, 0.15) is 13.8 Å². The Balaban J connectivity index is 0. The second-order valence-corrected chi connectivity index (χ2v) is 3.32. The van der Waals surface area contributed by atoms with Gasteiger partial charge in [-0.3, -0.25) is 0 Å². The molecule has 0 unspecified atom stereocenters. The summed E-state index contributed by atoms with van der Waals surface area (Å²) >= 11 is 0.815. The fourth-order valence-electron chi connectivity index (χ4n) is 0.289. The summed E-state index contributed by atoms with van der Waals surface area (Å²) in [4.78, 5) is 0. The molecule has 0 nitrogen and oxygen atoms in total. The normalized spacial score (nSPS) is 6.33. The molecule has 0 N–H and O–H groups in total. The van der Waals surface area contributed by atoms with E-state index in [1.165, 1.54) is 10.6 Å². The van der Waals surface area contributed by atoms with Crippen molar-refractivity contribution < 1.29 is 0 Å². The maximum Gasteiger partial charge on any atom is 0.198 e. The molecule has 0 spiro atoms. The van der Waals surface area contributed by atoms with Crippen LogP contribution in [-0.2, 0) is 0 Å². The van der Waals surface area contributed by atoms with Crippen molar-refractivity contribution in [2.45, 2.75) is 24.4 Å². The van der Waals surface area contributed by atoms with Crippen LogP contribution in [0.2, 0.25) is 10.6 Å². The molecular formula is C4H10AlNa. The molecule has 2 radical (unpaired) electrons. The van der Waals surface area contributed by atoms with E-state index < -0.39 is 0 Å². The maximum absolute atomic E-state index is 2.25. The van der Waals surface area contributed by atoms with Crippen LogP contribution in [0, 0.1) is 0 Å². The van der Waals surface area contributed by atoms with Crippen LogP contribution in [-0.4, -0.2) is 44.8 Å². The van der Waals surface area contributed by atoms with Gasteiger partial charge in [0.05, 0.1) is 0 Å². The molecular weight excluding hydrogens is 98.0 g/mol. The van der Waals surface area contributed by atoms with Crippen molar-refractivity contribution in [3.8, 4) is 0 Å². The summed E-state index contributed by atoms with van der Waals surface area (Å²) < 4.78 is 0. The van der Waals surface area contributed by atoms with E-state index in [4.69, 9.17) is 0 Å². The zero-order chi connectivity index (χ0) is 4.12. The quantitative estimate of drug-likeness (QED) is 0.466. The zero-order valence-corrected chi connectivity index (χ0v) is 8.15. The summed E-state index contributed by atoms with van der Waals surface area (Å²) in [5.74, 6) is 0. The van der Waals surface area contributed by atoms with E-state index in [0.717, 1.165) is 15.2 Å². The van der Waals surface area contributed by atoms with Crippen LogP contribution in [0.15, 0.2) is 0 Å². The molecule has 0 saturated carbocycles. The molecule has 0 heterocycles. The molecule has 0 aliphatic carbocycles. The van der Waals surface area contributed by atoms with Gasteiger partial charge in [-0.15, -0.1) is 10.6 Å². The average Bonchev–Trinajstić information content (AvgIpc) is 1.41. The van der Waals surface area contributed by atoms with Gasteiger partial charge in [-0.25, -0.2) is 0 Å². The third-order valence-electron chi connectivity index (χ3n) is 0.577. The molecule has 0 fully saturated rings. The molecule has 0 aliphatic heterocycles. The number of hydrogen-bond donors (Lipinski definition) is 0. The van der Waals surface area contributed by atoms with Gasteiger partial charge in [-0.05, 0) is 0 Å². The molecule has 0 bridgehead atoms. The van der Waals surface area contributed by atoms with Crippen LogP contribution < -0.4 is 0 Å². The fourth-order valence-corrected chi connectivity index (χ4v) is 0.866. The van der Waals surface area contributed by atoms with Crippen LogP contribution >= 0.6 is 0 Å². The van der Waals surface area contributed by atoms with Gasteiger partial charge in [0.1, 0.15) is 0 Å². The first-order valence-electron chi connectivity index (χ1n) is 2.23. The van der Waals surface area contributed by atoms with Crippen LogP contribution in [0.5, 0.6) is 0 Å². The molecule has 0 aliphatic rings. The smallest absolute Gasteiger partial charge is 0.106 e. The Morgan fingerprint density at radius 3 is 1.50 bits per heavy atom. The summed E-state index contributed by atoms with van der Waals surface area (Å²) in [5.41, 5.74) is 0. The Morgan fingerprint density at radius 2 is 1.50 bits per heavy atom. The number of hydrogen-bond acceptors (Lipinski definition) is 0. The predicted octanol–water partition coefficient (Wildman–Crippen LogP) is 1.19. The maximum atomic E-state index is 2.25. The summed E-state index contributed by atoms with van der Waals surface area (Å²) in [6.45, 7) is 4.50. The first kappa shape index (κ1) is 10.5. The van der Waals surface area contributed by atoms with E-state index >= 15 is 0 Å². The summed E-state index contributed by atoms with van der Waals surface area (Å²) in [5, 5.41) is 2.85. The van der Waals surface area contributed by atoms with E-state index in [1.807, 2.05) is 0 Å². The average molecular weight is 108 g/mol. The first-order chi connectivity index (χ1) is 2.41. The molecule has 0 aromatic carbocycles. The minimum Gasteiger partial charge on any atom is -0.106 e. The van der Waals surface area contributed by atoms with Gasteiger partial charge >= 0.3 is 0 Å². The molecule has 0 aromatic heterocycles. The standard InChI is InChI=1S/2C2H5.Al.Na/c2*1-2;;/h2*1H2,2H3;;. The fraction of sp³-hybridized carbons (Fsp3) is 1.00. The summed E-state index contributed by atoms with van der Waals surface area (Å²) in [6.07, 6.45) is 0. The molecule has 0 atom stereocenters.